The minimum atomic E-state index is -2.86. The zero-order valence-electron chi connectivity index (χ0n) is 10.1. The van der Waals surface area contributed by atoms with E-state index in [-0.39, 0.29) is 17.5 Å². The summed E-state index contributed by atoms with van der Waals surface area (Å²) < 4.78 is 27.6. The highest BCUT2D eigenvalue weighted by molar-refractivity contribution is 7.91. The molecule has 1 aromatic heterocycles. The number of nitrogen functional groups attached to an aromatic ring is 1. The number of hydrogen-bond acceptors (Lipinski definition) is 7. The Balaban J connectivity index is 2.07. The van der Waals surface area contributed by atoms with Crippen LogP contribution in [0.4, 0.5) is 11.5 Å². The second kappa shape index (κ2) is 4.97. The Morgan fingerprint density at radius 1 is 1.39 bits per heavy atom. The van der Waals surface area contributed by atoms with Gasteiger partial charge in [0.1, 0.15) is 21.9 Å². The first-order valence-corrected chi connectivity index (χ1v) is 7.45. The van der Waals surface area contributed by atoms with Gasteiger partial charge in [-0.25, -0.2) is 13.4 Å². The van der Waals surface area contributed by atoms with Crippen molar-refractivity contribution in [2.24, 2.45) is 0 Å². The highest BCUT2D eigenvalue weighted by Crippen LogP contribution is 2.26. The van der Waals surface area contributed by atoms with E-state index in [0.717, 1.165) is 0 Å². The average Bonchev–Trinajstić information content (AvgIpc) is 2.34. The van der Waals surface area contributed by atoms with Gasteiger partial charge in [0.15, 0.2) is 5.82 Å². The van der Waals surface area contributed by atoms with Crippen LogP contribution in [0.2, 0.25) is 0 Å². The van der Waals surface area contributed by atoms with Crippen LogP contribution in [0.25, 0.3) is 0 Å². The molecule has 1 aliphatic heterocycles. The van der Waals surface area contributed by atoms with Crippen molar-refractivity contribution in [2.45, 2.75) is 18.9 Å². The number of nitrogens with one attached hydrogen (secondary N) is 1. The molecule has 0 aliphatic carbocycles. The number of ether oxygens (including phenoxy) is 1. The van der Waals surface area contributed by atoms with E-state index in [1.807, 2.05) is 0 Å². The number of sulfone groups is 1. The van der Waals surface area contributed by atoms with Gasteiger partial charge in [0, 0.05) is 6.04 Å². The highest BCUT2D eigenvalue weighted by Gasteiger charge is 2.24. The SMILES string of the molecule is COc1ncnc(NC2CCS(=O)(=O)CC2)c1N. The van der Waals surface area contributed by atoms with Crippen LogP contribution < -0.4 is 15.8 Å². The van der Waals surface area contributed by atoms with Gasteiger partial charge in [-0.2, -0.15) is 4.98 Å². The summed E-state index contributed by atoms with van der Waals surface area (Å²) in [6, 6.07) is 0.0652. The molecule has 2 rings (SSSR count). The maximum atomic E-state index is 11.3. The van der Waals surface area contributed by atoms with Crippen molar-refractivity contribution < 1.29 is 13.2 Å². The van der Waals surface area contributed by atoms with E-state index in [0.29, 0.717) is 30.2 Å². The number of rotatable bonds is 3. The number of methoxy groups -OCH3 is 1. The number of aromatic nitrogens is 2. The van der Waals surface area contributed by atoms with Crippen LogP contribution in [0.1, 0.15) is 12.8 Å². The van der Waals surface area contributed by atoms with Gasteiger partial charge in [-0.15, -0.1) is 0 Å². The molecule has 1 aliphatic rings. The van der Waals surface area contributed by atoms with E-state index in [4.69, 9.17) is 10.5 Å². The fraction of sp³-hybridized carbons (Fsp3) is 0.600. The van der Waals surface area contributed by atoms with Gasteiger partial charge >= 0.3 is 0 Å². The van der Waals surface area contributed by atoms with Crippen molar-refractivity contribution in [3.63, 3.8) is 0 Å². The minimum Gasteiger partial charge on any atom is -0.479 e. The molecule has 1 aromatic rings. The molecule has 3 N–H and O–H groups in total. The predicted molar refractivity (Wildman–Crippen MR) is 68.3 cm³/mol. The van der Waals surface area contributed by atoms with E-state index in [1.54, 1.807) is 0 Å². The summed E-state index contributed by atoms with van der Waals surface area (Å²) in [6.45, 7) is 0. The summed E-state index contributed by atoms with van der Waals surface area (Å²) in [4.78, 5) is 7.92. The number of nitrogens with two attached hydrogens (primary N) is 1. The molecule has 0 saturated carbocycles. The minimum absolute atomic E-state index is 0.0652. The highest BCUT2D eigenvalue weighted by atomic mass is 32.2. The molecule has 0 spiro atoms. The van der Waals surface area contributed by atoms with Crippen molar-refractivity contribution in [3.8, 4) is 5.88 Å². The first-order chi connectivity index (χ1) is 8.52. The normalized spacial score (nSPS) is 19.4. The largest absolute Gasteiger partial charge is 0.479 e. The van der Waals surface area contributed by atoms with E-state index < -0.39 is 9.84 Å². The molecule has 0 radical (unpaired) electrons. The lowest BCUT2D eigenvalue weighted by Crippen LogP contribution is -2.32. The second-order valence-corrected chi connectivity index (χ2v) is 6.52. The third-order valence-electron chi connectivity index (χ3n) is 2.94. The Bertz CT molecular complexity index is 518. The molecule has 18 heavy (non-hydrogen) atoms. The molecule has 0 atom stereocenters. The Kier molecular flexibility index (Phi) is 3.55. The molecule has 8 heteroatoms. The standard InChI is InChI=1S/C10H16N4O3S/c1-17-10-8(11)9(12-6-13-10)14-7-2-4-18(15,16)5-3-7/h6-7H,2-5,11H2,1H3,(H,12,13,14). The Morgan fingerprint density at radius 2 is 2.06 bits per heavy atom. The van der Waals surface area contributed by atoms with Gasteiger partial charge in [0.2, 0.25) is 5.88 Å². The van der Waals surface area contributed by atoms with Crippen LogP contribution in [0.5, 0.6) is 5.88 Å². The van der Waals surface area contributed by atoms with Gasteiger partial charge < -0.3 is 15.8 Å². The lowest BCUT2D eigenvalue weighted by atomic mass is 10.1. The van der Waals surface area contributed by atoms with Crippen molar-refractivity contribution in [1.82, 2.24) is 9.97 Å². The molecule has 0 bridgehead atoms. The van der Waals surface area contributed by atoms with Crippen LogP contribution >= 0.6 is 0 Å². The molecule has 1 fully saturated rings. The first kappa shape index (κ1) is 12.9. The van der Waals surface area contributed by atoms with Gasteiger partial charge in [0.05, 0.1) is 18.6 Å². The summed E-state index contributed by atoms with van der Waals surface area (Å²) in [6.07, 6.45) is 2.49. The van der Waals surface area contributed by atoms with Gasteiger partial charge in [-0.05, 0) is 12.8 Å². The summed E-state index contributed by atoms with van der Waals surface area (Å²) in [5.41, 5.74) is 6.17. The van der Waals surface area contributed by atoms with Crippen LogP contribution in [0, 0.1) is 0 Å². The van der Waals surface area contributed by atoms with Crippen molar-refractivity contribution in [3.05, 3.63) is 6.33 Å². The Labute approximate surface area is 106 Å². The molecule has 0 unspecified atom stereocenters. The topological polar surface area (TPSA) is 107 Å². The third-order valence-corrected chi connectivity index (χ3v) is 4.65. The average molecular weight is 272 g/mol. The quantitative estimate of drug-likeness (QED) is 0.800. The third kappa shape index (κ3) is 2.81. The fourth-order valence-corrected chi connectivity index (χ4v) is 3.38. The Hall–Kier alpha value is -1.57. The summed E-state index contributed by atoms with van der Waals surface area (Å²) in [5, 5.41) is 3.14. The number of hydrogen-bond donors (Lipinski definition) is 2. The molecule has 0 amide bonds. The molecule has 2 heterocycles. The smallest absolute Gasteiger partial charge is 0.242 e. The molecule has 0 aromatic carbocycles. The summed E-state index contributed by atoms with van der Waals surface area (Å²) in [5.74, 6) is 1.21. The first-order valence-electron chi connectivity index (χ1n) is 5.63. The van der Waals surface area contributed by atoms with Crippen LogP contribution in [-0.4, -0.2) is 43.0 Å². The van der Waals surface area contributed by atoms with Crippen LogP contribution in [0.15, 0.2) is 6.33 Å². The van der Waals surface area contributed by atoms with Gasteiger partial charge in [-0.3, -0.25) is 0 Å². The monoisotopic (exact) mass is 272 g/mol. The second-order valence-electron chi connectivity index (χ2n) is 4.22. The summed E-state index contributed by atoms with van der Waals surface area (Å²) >= 11 is 0. The lowest BCUT2D eigenvalue weighted by Gasteiger charge is -2.24. The molecule has 7 nitrogen and oxygen atoms in total. The number of nitrogens with zero attached hydrogens (tertiary/aromatic N) is 2. The maximum Gasteiger partial charge on any atom is 0.242 e. The van der Waals surface area contributed by atoms with Crippen molar-refractivity contribution in [2.75, 3.05) is 29.7 Å². The van der Waals surface area contributed by atoms with E-state index in [1.165, 1.54) is 13.4 Å². The zero-order valence-corrected chi connectivity index (χ0v) is 10.9. The molecular weight excluding hydrogens is 256 g/mol. The van der Waals surface area contributed by atoms with Crippen molar-refractivity contribution >= 4 is 21.3 Å². The number of anilines is 2. The lowest BCUT2D eigenvalue weighted by molar-refractivity contribution is 0.399. The zero-order chi connectivity index (χ0) is 13.2. The van der Waals surface area contributed by atoms with Crippen LogP contribution in [0.3, 0.4) is 0 Å². The molecule has 100 valence electrons. The Morgan fingerprint density at radius 3 is 2.67 bits per heavy atom. The van der Waals surface area contributed by atoms with Gasteiger partial charge in [-0.1, -0.05) is 0 Å². The summed E-state index contributed by atoms with van der Waals surface area (Å²) in [7, 11) is -1.38. The van der Waals surface area contributed by atoms with E-state index in [2.05, 4.69) is 15.3 Å². The maximum absolute atomic E-state index is 11.3. The fourth-order valence-electron chi connectivity index (χ4n) is 1.88. The van der Waals surface area contributed by atoms with Crippen molar-refractivity contribution in [1.29, 1.82) is 0 Å². The van der Waals surface area contributed by atoms with E-state index >= 15 is 0 Å². The van der Waals surface area contributed by atoms with Gasteiger partial charge in [0.25, 0.3) is 0 Å². The molecule has 1 saturated heterocycles. The molecular formula is C10H16N4O3S. The van der Waals surface area contributed by atoms with E-state index in [9.17, 15) is 8.42 Å². The van der Waals surface area contributed by atoms with Crippen LogP contribution in [-0.2, 0) is 9.84 Å². The predicted octanol–water partition coefficient (Wildman–Crippen LogP) is 0.0565.